The summed E-state index contributed by atoms with van der Waals surface area (Å²) in [4.78, 5) is 28.8. The molecule has 31 heavy (non-hydrogen) atoms. The molecule has 0 heterocycles. The summed E-state index contributed by atoms with van der Waals surface area (Å²) in [5.74, 6) is 0.417. The number of ether oxygens (including phenoxy) is 1. The van der Waals surface area contributed by atoms with Gasteiger partial charge < -0.3 is 14.5 Å². The third-order valence-electron chi connectivity index (χ3n) is 4.54. The molecule has 0 saturated carbocycles. The maximum atomic E-state index is 12.4. The van der Waals surface area contributed by atoms with Crippen molar-refractivity contribution in [3.63, 3.8) is 0 Å². The Balaban J connectivity index is 2.02. The number of alkyl halides is 4. The van der Waals surface area contributed by atoms with Gasteiger partial charge in [0.15, 0.2) is 0 Å². The summed E-state index contributed by atoms with van der Waals surface area (Å²) in [6.07, 6.45) is 0. The Morgan fingerprint density at radius 3 is 1.13 bits per heavy atom. The molecular weight excluding hydrogens is 482 g/mol. The molecule has 0 bridgehead atoms. The minimum atomic E-state index is -0.715. The molecule has 2 aromatic carbocycles. The van der Waals surface area contributed by atoms with Gasteiger partial charge in [-0.1, -0.05) is 0 Å². The lowest BCUT2D eigenvalue weighted by atomic mass is 10.2. The van der Waals surface area contributed by atoms with E-state index in [4.69, 9.17) is 51.1 Å². The van der Waals surface area contributed by atoms with Crippen molar-refractivity contribution in [2.75, 3.05) is 59.5 Å². The Labute approximate surface area is 202 Å². The van der Waals surface area contributed by atoms with E-state index < -0.39 is 11.9 Å². The van der Waals surface area contributed by atoms with Crippen molar-refractivity contribution in [3.8, 4) is 0 Å². The van der Waals surface area contributed by atoms with Gasteiger partial charge in [-0.15, -0.1) is 46.4 Å². The maximum absolute atomic E-state index is 12.4. The number of nitrogens with zero attached hydrogens (tertiary/aromatic N) is 2. The monoisotopic (exact) mass is 504 g/mol. The molecule has 2 rings (SSSR count). The zero-order chi connectivity index (χ0) is 22.6. The van der Waals surface area contributed by atoms with E-state index in [1.807, 2.05) is 9.80 Å². The third-order valence-corrected chi connectivity index (χ3v) is 5.22. The number of esters is 2. The second-order valence-corrected chi connectivity index (χ2v) is 8.01. The molecular formula is C22H24Cl4N2O3. The topological polar surface area (TPSA) is 49.9 Å². The van der Waals surface area contributed by atoms with E-state index in [1.54, 1.807) is 48.5 Å². The van der Waals surface area contributed by atoms with Gasteiger partial charge >= 0.3 is 11.9 Å². The highest BCUT2D eigenvalue weighted by molar-refractivity contribution is 6.19. The molecule has 0 radical (unpaired) electrons. The van der Waals surface area contributed by atoms with E-state index in [2.05, 4.69) is 0 Å². The summed E-state index contributed by atoms with van der Waals surface area (Å²) in [6, 6.07) is 13.5. The van der Waals surface area contributed by atoms with Gasteiger partial charge in [0.1, 0.15) is 0 Å². The molecule has 0 aliphatic heterocycles. The number of carbonyl (C=O) groups is 2. The van der Waals surface area contributed by atoms with Crippen LogP contribution in [0.5, 0.6) is 0 Å². The first-order valence-electron chi connectivity index (χ1n) is 9.74. The van der Waals surface area contributed by atoms with Crippen LogP contribution in [0.1, 0.15) is 20.7 Å². The number of halogens is 4. The summed E-state index contributed by atoms with van der Waals surface area (Å²) in [5, 5.41) is 0. The number of hydrogen-bond acceptors (Lipinski definition) is 5. The van der Waals surface area contributed by atoms with Crippen LogP contribution >= 0.6 is 46.4 Å². The normalized spacial score (nSPS) is 10.6. The minimum Gasteiger partial charge on any atom is -0.386 e. The van der Waals surface area contributed by atoms with Gasteiger partial charge in [-0.05, 0) is 48.5 Å². The van der Waals surface area contributed by atoms with E-state index in [0.29, 0.717) is 49.7 Å². The Morgan fingerprint density at radius 2 is 0.871 bits per heavy atom. The lowest BCUT2D eigenvalue weighted by Gasteiger charge is -2.23. The third kappa shape index (κ3) is 7.76. The molecule has 0 atom stereocenters. The Morgan fingerprint density at radius 1 is 0.581 bits per heavy atom. The summed E-state index contributed by atoms with van der Waals surface area (Å²) < 4.78 is 5.02. The van der Waals surface area contributed by atoms with Gasteiger partial charge in [-0.3, -0.25) is 0 Å². The Bertz CT molecular complexity index is 750. The van der Waals surface area contributed by atoms with Crippen molar-refractivity contribution < 1.29 is 14.3 Å². The standard InChI is InChI=1S/C22H24Cl4N2O3/c23-9-13-27(14-10-24)19-5-1-17(2-6-19)21(29)31-22(30)18-3-7-20(8-4-18)28(15-11-25)16-12-26/h1-8H,9-16H2. The fraction of sp³-hybridized carbons (Fsp3) is 0.364. The van der Waals surface area contributed by atoms with Crippen LogP contribution < -0.4 is 9.80 Å². The van der Waals surface area contributed by atoms with E-state index in [9.17, 15) is 9.59 Å². The molecule has 5 nitrogen and oxygen atoms in total. The van der Waals surface area contributed by atoms with E-state index >= 15 is 0 Å². The Kier molecular flexibility index (Phi) is 11.3. The van der Waals surface area contributed by atoms with Crippen LogP contribution in [0.4, 0.5) is 11.4 Å². The van der Waals surface area contributed by atoms with Gasteiger partial charge in [-0.25, -0.2) is 9.59 Å². The molecule has 168 valence electrons. The first kappa shape index (κ1) is 25.6. The van der Waals surface area contributed by atoms with Crippen molar-refractivity contribution in [1.82, 2.24) is 0 Å². The molecule has 0 fully saturated rings. The van der Waals surface area contributed by atoms with Crippen molar-refractivity contribution >= 4 is 69.7 Å². The van der Waals surface area contributed by atoms with Crippen LogP contribution in [0.3, 0.4) is 0 Å². The fourth-order valence-corrected chi connectivity index (χ4v) is 3.78. The van der Waals surface area contributed by atoms with Crippen LogP contribution in [-0.2, 0) is 4.74 Å². The van der Waals surface area contributed by atoms with Crippen LogP contribution in [0.2, 0.25) is 0 Å². The SMILES string of the molecule is O=C(OC(=O)c1ccc(N(CCCl)CCCl)cc1)c1ccc(N(CCCl)CCCl)cc1. The van der Waals surface area contributed by atoms with Gasteiger partial charge in [0.25, 0.3) is 0 Å². The predicted molar refractivity (Wildman–Crippen MR) is 130 cm³/mol. The van der Waals surface area contributed by atoms with Crippen LogP contribution in [0.25, 0.3) is 0 Å². The van der Waals surface area contributed by atoms with E-state index in [-0.39, 0.29) is 11.1 Å². The van der Waals surface area contributed by atoms with Crippen molar-refractivity contribution in [1.29, 1.82) is 0 Å². The predicted octanol–water partition coefficient (Wildman–Crippen LogP) is 5.25. The van der Waals surface area contributed by atoms with Gasteiger partial charge in [-0.2, -0.15) is 0 Å². The average Bonchev–Trinajstić information content (AvgIpc) is 2.79. The fourth-order valence-electron chi connectivity index (χ4n) is 2.97. The minimum absolute atomic E-state index is 0.279. The zero-order valence-corrected chi connectivity index (χ0v) is 19.9. The van der Waals surface area contributed by atoms with Crippen LogP contribution in [0.15, 0.2) is 48.5 Å². The molecule has 0 spiro atoms. The Hall–Kier alpha value is -1.66. The largest absolute Gasteiger partial charge is 0.386 e. The van der Waals surface area contributed by atoms with Gasteiger partial charge in [0, 0.05) is 61.1 Å². The maximum Gasteiger partial charge on any atom is 0.346 e. The summed E-state index contributed by atoms with van der Waals surface area (Å²) in [5.41, 5.74) is 2.33. The molecule has 0 unspecified atom stereocenters. The first-order valence-corrected chi connectivity index (χ1v) is 11.9. The lowest BCUT2D eigenvalue weighted by molar-refractivity contribution is 0.0398. The highest BCUT2D eigenvalue weighted by Crippen LogP contribution is 2.18. The molecule has 0 saturated heterocycles. The number of benzene rings is 2. The lowest BCUT2D eigenvalue weighted by Crippen LogP contribution is -2.27. The summed E-state index contributed by atoms with van der Waals surface area (Å²) in [6.45, 7) is 2.55. The van der Waals surface area contributed by atoms with Crippen LogP contribution in [-0.4, -0.2) is 61.6 Å². The van der Waals surface area contributed by atoms with Crippen molar-refractivity contribution in [2.24, 2.45) is 0 Å². The second kappa shape index (κ2) is 13.7. The molecule has 0 N–H and O–H groups in total. The molecule has 0 aromatic heterocycles. The molecule has 2 aromatic rings. The van der Waals surface area contributed by atoms with E-state index in [0.717, 1.165) is 11.4 Å². The quantitative estimate of drug-likeness (QED) is 0.224. The number of hydrogen-bond donors (Lipinski definition) is 0. The van der Waals surface area contributed by atoms with Gasteiger partial charge in [0.05, 0.1) is 11.1 Å². The van der Waals surface area contributed by atoms with Crippen LogP contribution in [0, 0.1) is 0 Å². The smallest absolute Gasteiger partial charge is 0.346 e. The molecule has 0 aliphatic carbocycles. The highest BCUT2D eigenvalue weighted by Gasteiger charge is 2.16. The molecule has 9 heteroatoms. The number of rotatable bonds is 12. The highest BCUT2D eigenvalue weighted by atomic mass is 35.5. The molecule has 0 aliphatic rings. The molecule has 0 amide bonds. The summed E-state index contributed by atoms with van der Waals surface area (Å²) in [7, 11) is 0. The van der Waals surface area contributed by atoms with Gasteiger partial charge in [0.2, 0.25) is 0 Å². The van der Waals surface area contributed by atoms with E-state index in [1.165, 1.54) is 0 Å². The zero-order valence-electron chi connectivity index (χ0n) is 16.9. The number of anilines is 2. The summed E-state index contributed by atoms with van der Waals surface area (Å²) >= 11 is 23.3. The second-order valence-electron chi connectivity index (χ2n) is 6.50. The van der Waals surface area contributed by atoms with Crippen molar-refractivity contribution in [3.05, 3.63) is 59.7 Å². The average molecular weight is 506 g/mol. The number of carbonyl (C=O) groups excluding carboxylic acids is 2. The first-order chi connectivity index (χ1) is 15.0. The van der Waals surface area contributed by atoms with Crippen molar-refractivity contribution in [2.45, 2.75) is 0 Å².